The fourth-order valence-corrected chi connectivity index (χ4v) is 2.52. The number of ether oxygens (including phenoxy) is 1. The molecular weight excluding hydrogens is 413 g/mol. The number of pyridine rings is 2. The number of alkyl halides is 3. The SMILES string of the molecule is Cc1cc(C(C)NC(=O)c2ccc(OCCC(F)(F)F)cn2)cc(NC(=O)C(C)C)n1. The van der Waals surface area contributed by atoms with E-state index in [1.807, 2.05) is 0 Å². The van der Waals surface area contributed by atoms with Gasteiger partial charge in [-0.3, -0.25) is 9.59 Å². The second-order valence-electron chi connectivity index (χ2n) is 7.36. The number of nitrogens with one attached hydrogen (secondary N) is 2. The molecule has 31 heavy (non-hydrogen) atoms. The van der Waals surface area contributed by atoms with Crippen molar-refractivity contribution < 1.29 is 27.5 Å². The summed E-state index contributed by atoms with van der Waals surface area (Å²) in [6.45, 7) is 6.57. The predicted octanol–water partition coefficient (Wildman–Crippen LogP) is 4.20. The van der Waals surface area contributed by atoms with Crippen LogP contribution in [0.2, 0.25) is 0 Å². The molecule has 2 heterocycles. The van der Waals surface area contributed by atoms with E-state index in [1.54, 1.807) is 39.8 Å². The molecule has 0 aliphatic rings. The lowest BCUT2D eigenvalue weighted by atomic mass is 10.1. The van der Waals surface area contributed by atoms with Crippen LogP contribution >= 0.6 is 0 Å². The van der Waals surface area contributed by atoms with Gasteiger partial charge in [-0.25, -0.2) is 9.97 Å². The van der Waals surface area contributed by atoms with Gasteiger partial charge in [-0.2, -0.15) is 13.2 Å². The molecule has 0 aliphatic carbocycles. The maximum absolute atomic E-state index is 12.5. The smallest absolute Gasteiger partial charge is 0.392 e. The van der Waals surface area contributed by atoms with E-state index in [9.17, 15) is 22.8 Å². The van der Waals surface area contributed by atoms with Gasteiger partial charge in [-0.1, -0.05) is 13.8 Å². The summed E-state index contributed by atoms with van der Waals surface area (Å²) in [5.74, 6) is -0.286. The number of rotatable bonds is 8. The van der Waals surface area contributed by atoms with E-state index in [4.69, 9.17) is 4.74 Å². The monoisotopic (exact) mass is 438 g/mol. The molecule has 0 aliphatic heterocycles. The number of carbonyl (C=O) groups excluding carboxylic acids is 2. The zero-order chi connectivity index (χ0) is 23.2. The molecule has 2 aromatic heterocycles. The Morgan fingerprint density at radius 1 is 1.16 bits per heavy atom. The van der Waals surface area contributed by atoms with E-state index in [0.717, 1.165) is 5.56 Å². The van der Waals surface area contributed by atoms with Crippen molar-refractivity contribution >= 4 is 17.6 Å². The Balaban J connectivity index is 2.00. The number of aryl methyl sites for hydroxylation is 1. The highest BCUT2D eigenvalue weighted by Gasteiger charge is 2.26. The number of carbonyl (C=O) groups is 2. The number of halogens is 3. The van der Waals surface area contributed by atoms with Crippen molar-refractivity contribution in [2.45, 2.75) is 46.3 Å². The summed E-state index contributed by atoms with van der Waals surface area (Å²) in [6.07, 6.45) is -4.17. The average Bonchev–Trinajstić information content (AvgIpc) is 2.66. The fourth-order valence-electron chi connectivity index (χ4n) is 2.52. The molecule has 0 aromatic carbocycles. The molecule has 0 bridgehead atoms. The lowest BCUT2D eigenvalue weighted by Gasteiger charge is -2.16. The van der Waals surface area contributed by atoms with Crippen LogP contribution < -0.4 is 15.4 Å². The van der Waals surface area contributed by atoms with E-state index in [-0.39, 0.29) is 23.3 Å². The highest BCUT2D eigenvalue weighted by molar-refractivity contribution is 5.93. The standard InChI is InChI=1S/C21H25F3N4O3/c1-12(2)19(29)28-18-10-15(9-13(3)26-18)14(4)27-20(30)17-6-5-16(11-25-17)31-8-7-21(22,23)24/h5-6,9-12,14H,7-8H2,1-4H3,(H,27,30)(H,26,28,29). The third-order valence-corrected chi connectivity index (χ3v) is 4.22. The van der Waals surface area contributed by atoms with E-state index in [0.29, 0.717) is 11.5 Å². The molecule has 2 amide bonds. The minimum Gasteiger partial charge on any atom is -0.492 e. The van der Waals surface area contributed by atoms with Crippen LogP contribution in [0.3, 0.4) is 0 Å². The maximum Gasteiger partial charge on any atom is 0.392 e. The molecule has 0 spiro atoms. The van der Waals surface area contributed by atoms with Crippen molar-refractivity contribution in [3.8, 4) is 5.75 Å². The van der Waals surface area contributed by atoms with Gasteiger partial charge in [0.2, 0.25) is 5.91 Å². The second kappa shape index (κ2) is 10.2. The van der Waals surface area contributed by atoms with E-state index in [2.05, 4.69) is 20.6 Å². The first kappa shape index (κ1) is 24.1. The molecule has 0 saturated carbocycles. The number of aromatic nitrogens is 2. The molecule has 0 fully saturated rings. The van der Waals surface area contributed by atoms with Crippen LogP contribution in [0, 0.1) is 12.8 Å². The molecule has 1 unspecified atom stereocenters. The maximum atomic E-state index is 12.5. The first-order valence-corrected chi connectivity index (χ1v) is 9.70. The quantitative estimate of drug-likeness (QED) is 0.644. The Morgan fingerprint density at radius 3 is 2.45 bits per heavy atom. The summed E-state index contributed by atoms with van der Waals surface area (Å²) >= 11 is 0. The van der Waals surface area contributed by atoms with E-state index < -0.39 is 31.2 Å². The van der Waals surface area contributed by atoms with Crippen LogP contribution in [0.4, 0.5) is 19.0 Å². The van der Waals surface area contributed by atoms with Gasteiger partial charge < -0.3 is 15.4 Å². The Hall–Kier alpha value is -3.17. The molecule has 0 radical (unpaired) electrons. The van der Waals surface area contributed by atoms with Crippen molar-refractivity contribution in [1.29, 1.82) is 0 Å². The van der Waals surface area contributed by atoms with Gasteiger partial charge in [0, 0.05) is 11.6 Å². The van der Waals surface area contributed by atoms with Gasteiger partial charge in [0.1, 0.15) is 17.3 Å². The highest BCUT2D eigenvalue weighted by Crippen LogP contribution is 2.21. The highest BCUT2D eigenvalue weighted by atomic mass is 19.4. The van der Waals surface area contributed by atoms with Crippen molar-refractivity contribution in [2.75, 3.05) is 11.9 Å². The lowest BCUT2D eigenvalue weighted by molar-refractivity contribution is -0.139. The van der Waals surface area contributed by atoms with Crippen LogP contribution in [-0.4, -0.2) is 34.6 Å². The van der Waals surface area contributed by atoms with Crippen molar-refractivity contribution in [3.63, 3.8) is 0 Å². The molecule has 0 saturated heterocycles. The fraction of sp³-hybridized carbons (Fsp3) is 0.429. The first-order chi connectivity index (χ1) is 14.4. The molecule has 168 valence electrons. The summed E-state index contributed by atoms with van der Waals surface area (Å²) < 4.78 is 41.5. The summed E-state index contributed by atoms with van der Waals surface area (Å²) in [5, 5.41) is 5.53. The van der Waals surface area contributed by atoms with Crippen LogP contribution in [0.5, 0.6) is 5.75 Å². The van der Waals surface area contributed by atoms with Crippen molar-refractivity contribution in [3.05, 3.63) is 47.4 Å². The Bertz CT molecular complexity index is 915. The van der Waals surface area contributed by atoms with Crippen molar-refractivity contribution in [1.82, 2.24) is 15.3 Å². The van der Waals surface area contributed by atoms with E-state index >= 15 is 0 Å². The molecule has 7 nitrogen and oxygen atoms in total. The zero-order valence-corrected chi connectivity index (χ0v) is 17.7. The molecular formula is C21H25F3N4O3. The third kappa shape index (κ3) is 7.88. The molecule has 2 N–H and O–H groups in total. The molecule has 1 atom stereocenters. The van der Waals surface area contributed by atoms with Gasteiger partial charge in [0.25, 0.3) is 5.91 Å². The van der Waals surface area contributed by atoms with Crippen LogP contribution in [0.25, 0.3) is 0 Å². The zero-order valence-electron chi connectivity index (χ0n) is 17.7. The second-order valence-corrected chi connectivity index (χ2v) is 7.36. The summed E-state index contributed by atoms with van der Waals surface area (Å²) in [6, 6.07) is 5.83. The first-order valence-electron chi connectivity index (χ1n) is 9.70. The summed E-state index contributed by atoms with van der Waals surface area (Å²) in [5.41, 5.74) is 1.51. The Morgan fingerprint density at radius 2 is 1.87 bits per heavy atom. The van der Waals surface area contributed by atoms with Gasteiger partial charge in [-0.05, 0) is 43.7 Å². The van der Waals surface area contributed by atoms with Gasteiger partial charge in [0.15, 0.2) is 0 Å². The Kier molecular flexibility index (Phi) is 7.95. The van der Waals surface area contributed by atoms with Crippen LogP contribution in [-0.2, 0) is 4.79 Å². The third-order valence-electron chi connectivity index (χ3n) is 4.22. The van der Waals surface area contributed by atoms with E-state index in [1.165, 1.54) is 18.3 Å². The van der Waals surface area contributed by atoms with Gasteiger partial charge in [0.05, 0.1) is 25.3 Å². The predicted molar refractivity (Wildman–Crippen MR) is 109 cm³/mol. The van der Waals surface area contributed by atoms with Crippen molar-refractivity contribution in [2.24, 2.45) is 5.92 Å². The number of amides is 2. The normalized spacial score (nSPS) is 12.4. The summed E-state index contributed by atoms with van der Waals surface area (Å²) in [7, 11) is 0. The molecule has 10 heteroatoms. The van der Waals surface area contributed by atoms with Crippen LogP contribution in [0.1, 0.15) is 55.0 Å². The summed E-state index contributed by atoms with van der Waals surface area (Å²) in [4.78, 5) is 32.6. The molecule has 2 rings (SSSR count). The number of anilines is 1. The van der Waals surface area contributed by atoms with Gasteiger partial charge >= 0.3 is 6.18 Å². The van der Waals surface area contributed by atoms with Gasteiger partial charge in [-0.15, -0.1) is 0 Å². The average molecular weight is 438 g/mol. The number of hydrogen-bond donors (Lipinski definition) is 2. The topological polar surface area (TPSA) is 93.2 Å². The van der Waals surface area contributed by atoms with Crippen LogP contribution in [0.15, 0.2) is 30.5 Å². The Labute approximate surface area is 178 Å². The minimum atomic E-state index is -4.30. The number of nitrogens with zero attached hydrogens (tertiary/aromatic N) is 2. The minimum absolute atomic E-state index is 0.0918. The number of hydrogen-bond acceptors (Lipinski definition) is 5. The lowest BCUT2D eigenvalue weighted by Crippen LogP contribution is -2.27. The largest absolute Gasteiger partial charge is 0.492 e. The molecule has 2 aromatic rings.